The standard InChI is InChI=1S/C16H11F5N2O4/c17-15(18)27-11-4-1-9(2-5-11)14(26)22-12(24)8-23-7-10(16(19,20)21)3-6-13(23)25/h1-7,15H,8H2,(H,22,24,26). The van der Waals surface area contributed by atoms with Crippen LogP contribution in [0.2, 0.25) is 0 Å². The molecule has 2 aromatic rings. The summed E-state index contributed by atoms with van der Waals surface area (Å²) in [7, 11) is 0. The SMILES string of the molecule is O=C(Cn1cc(C(F)(F)F)ccc1=O)NC(=O)c1ccc(OC(F)F)cc1. The molecule has 27 heavy (non-hydrogen) atoms. The van der Waals surface area contributed by atoms with Gasteiger partial charge in [0, 0.05) is 17.8 Å². The molecular formula is C16H11F5N2O4. The van der Waals surface area contributed by atoms with Crippen LogP contribution in [0.1, 0.15) is 15.9 Å². The molecule has 2 rings (SSSR count). The second-order valence-electron chi connectivity index (χ2n) is 5.16. The fourth-order valence-corrected chi connectivity index (χ4v) is 2.00. The third-order valence-electron chi connectivity index (χ3n) is 3.22. The quantitative estimate of drug-likeness (QED) is 0.796. The minimum absolute atomic E-state index is 0.0821. The number of amides is 2. The van der Waals surface area contributed by atoms with Gasteiger partial charge in [0.2, 0.25) is 5.91 Å². The summed E-state index contributed by atoms with van der Waals surface area (Å²) < 4.78 is 66.7. The molecule has 1 aromatic heterocycles. The van der Waals surface area contributed by atoms with E-state index in [0.717, 1.165) is 24.3 Å². The van der Waals surface area contributed by atoms with Crippen LogP contribution in [0.25, 0.3) is 0 Å². The van der Waals surface area contributed by atoms with Crippen LogP contribution in [-0.4, -0.2) is 23.0 Å². The first-order valence-corrected chi connectivity index (χ1v) is 7.23. The van der Waals surface area contributed by atoms with Gasteiger partial charge < -0.3 is 9.30 Å². The Balaban J connectivity index is 2.05. The number of ether oxygens (including phenoxy) is 1. The van der Waals surface area contributed by atoms with E-state index in [2.05, 4.69) is 4.74 Å². The second-order valence-corrected chi connectivity index (χ2v) is 5.16. The van der Waals surface area contributed by atoms with Gasteiger partial charge in [-0.2, -0.15) is 22.0 Å². The Morgan fingerprint density at radius 2 is 1.70 bits per heavy atom. The highest BCUT2D eigenvalue weighted by Gasteiger charge is 2.31. The van der Waals surface area contributed by atoms with Crippen LogP contribution in [0, 0.1) is 0 Å². The lowest BCUT2D eigenvalue weighted by atomic mass is 10.2. The van der Waals surface area contributed by atoms with E-state index >= 15 is 0 Å². The van der Waals surface area contributed by atoms with Gasteiger partial charge in [-0.25, -0.2) is 0 Å². The molecular weight excluding hydrogens is 379 g/mol. The number of pyridine rings is 1. The van der Waals surface area contributed by atoms with Crippen molar-refractivity contribution in [3.8, 4) is 5.75 Å². The van der Waals surface area contributed by atoms with Crippen molar-refractivity contribution in [2.24, 2.45) is 0 Å². The number of aromatic nitrogens is 1. The van der Waals surface area contributed by atoms with Gasteiger partial charge in [-0.3, -0.25) is 19.7 Å². The van der Waals surface area contributed by atoms with Crippen molar-refractivity contribution in [2.45, 2.75) is 19.3 Å². The highest BCUT2D eigenvalue weighted by molar-refractivity contribution is 6.04. The Hall–Kier alpha value is -3.24. The molecule has 1 aromatic carbocycles. The van der Waals surface area contributed by atoms with Crippen molar-refractivity contribution in [2.75, 3.05) is 0 Å². The number of carbonyl (C=O) groups excluding carboxylic acids is 2. The van der Waals surface area contributed by atoms with E-state index in [1.165, 1.54) is 0 Å². The number of carbonyl (C=O) groups is 2. The fourth-order valence-electron chi connectivity index (χ4n) is 2.00. The topological polar surface area (TPSA) is 77.4 Å². The van der Waals surface area contributed by atoms with E-state index < -0.39 is 42.3 Å². The zero-order valence-electron chi connectivity index (χ0n) is 13.3. The van der Waals surface area contributed by atoms with Gasteiger partial charge in [0.05, 0.1) is 5.56 Å². The van der Waals surface area contributed by atoms with Gasteiger partial charge in [-0.15, -0.1) is 0 Å². The Labute approximate surface area is 148 Å². The molecule has 0 saturated carbocycles. The van der Waals surface area contributed by atoms with Crippen LogP contribution in [0.15, 0.2) is 47.4 Å². The summed E-state index contributed by atoms with van der Waals surface area (Å²) >= 11 is 0. The number of halogens is 5. The molecule has 0 atom stereocenters. The average molecular weight is 390 g/mol. The number of nitrogens with zero attached hydrogens (tertiary/aromatic N) is 1. The molecule has 0 aliphatic heterocycles. The highest BCUT2D eigenvalue weighted by atomic mass is 19.4. The smallest absolute Gasteiger partial charge is 0.417 e. The van der Waals surface area contributed by atoms with Crippen LogP contribution in [0.5, 0.6) is 5.75 Å². The number of hydrogen-bond donors (Lipinski definition) is 1. The third kappa shape index (κ3) is 5.62. The van der Waals surface area contributed by atoms with E-state index in [1.807, 2.05) is 5.32 Å². The lowest BCUT2D eigenvalue weighted by Gasteiger charge is -2.11. The number of rotatable bonds is 5. The summed E-state index contributed by atoms with van der Waals surface area (Å²) in [6, 6.07) is 5.59. The molecule has 11 heteroatoms. The lowest BCUT2D eigenvalue weighted by Crippen LogP contribution is -2.36. The summed E-state index contributed by atoms with van der Waals surface area (Å²) in [6.45, 7) is -3.86. The molecule has 1 heterocycles. The van der Waals surface area contributed by atoms with Gasteiger partial charge in [0.1, 0.15) is 12.3 Å². The monoisotopic (exact) mass is 390 g/mol. The maximum absolute atomic E-state index is 12.7. The van der Waals surface area contributed by atoms with E-state index in [0.29, 0.717) is 22.9 Å². The normalized spacial score (nSPS) is 11.3. The Kier molecular flexibility index (Phi) is 5.93. The van der Waals surface area contributed by atoms with Crippen LogP contribution < -0.4 is 15.6 Å². The molecule has 0 fully saturated rings. The number of nitrogens with one attached hydrogen (secondary N) is 1. The van der Waals surface area contributed by atoms with Crippen LogP contribution >= 0.6 is 0 Å². The van der Waals surface area contributed by atoms with E-state index in [4.69, 9.17) is 0 Å². The predicted octanol–water partition coefficient (Wildman–Crippen LogP) is 2.43. The molecule has 0 aliphatic carbocycles. The van der Waals surface area contributed by atoms with Crippen LogP contribution in [0.4, 0.5) is 22.0 Å². The van der Waals surface area contributed by atoms with Gasteiger partial charge in [-0.1, -0.05) is 0 Å². The zero-order chi connectivity index (χ0) is 20.2. The van der Waals surface area contributed by atoms with E-state index in [1.54, 1.807) is 0 Å². The molecule has 0 bridgehead atoms. The van der Waals surface area contributed by atoms with Crippen molar-refractivity contribution in [3.05, 3.63) is 64.1 Å². The van der Waals surface area contributed by atoms with Gasteiger partial charge in [0.15, 0.2) is 0 Å². The lowest BCUT2D eigenvalue weighted by molar-refractivity contribution is -0.138. The number of benzene rings is 1. The molecule has 2 amide bonds. The van der Waals surface area contributed by atoms with Crippen LogP contribution in [-0.2, 0) is 17.5 Å². The summed E-state index contributed by atoms with van der Waals surface area (Å²) in [4.78, 5) is 35.3. The summed E-state index contributed by atoms with van der Waals surface area (Å²) in [5.41, 5.74) is -2.07. The Morgan fingerprint density at radius 1 is 1.07 bits per heavy atom. The Morgan fingerprint density at radius 3 is 2.26 bits per heavy atom. The molecule has 144 valence electrons. The van der Waals surface area contributed by atoms with Gasteiger partial charge >= 0.3 is 12.8 Å². The van der Waals surface area contributed by atoms with Crippen molar-refractivity contribution in [1.82, 2.24) is 9.88 Å². The minimum Gasteiger partial charge on any atom is -0.435 e. The first kappa shape index (κ1) is 20.1. The van der Waals surface area contributed by atoms with Gasteiger partial charge in [-0.05, 0) is 30.3 Å². The molecule has 0 spiro atoms. The highest BCUT2D eigenvalue weighted by Crippen LogP contribution is 2.27. The summed E-state index contributed by atoms with van der Waals surface area (Å²) in [5, 5.41) is 1.88. The minimum atomic E-state index is -4.70. The summed E-state index contributed by atoms with van der Waals surface area (Å²) in [6.07, 6.45) is -4.24. The molecule has 0 aliphatic rings. The van der Waals surface area contributed by atoms with Crippen LogP contribution in [0.3, 0.4) is 0 Å². The molecule has 0 radical (unpaired) electrons. The fraction of sp³-hybridized carbons (Fsp3) is 0.188. The van der Waals surface area contributed by atoms with E-state index in [9.17, 15) is 36.3 Å². The number of hydrogen-bond acceptors (Lipinski definition) is 4. The Bertz CT molecular complexity index is 891. The number of alkyl halides is 5. The van der Waals surface area contributed by atoms with Crippen molar-refractivity contribution in [1.29, 1.82) is 0 Å². The first-order chi connectivity index (χ1) is 12.6. The van der Waals surface area contributed by atoms with Gasteiger partial charge in [0.25, 0.3) is 11.5 Å². The molecule has 6 nitrogen and oxygen atoms in total. The first-order valence-electron chi connectivity index (χ1n) is 7.23. The van der Waals surface area contributed by atoms with Crippen molar-refractivity contribution in [3.63, 3.8) is 0 Å². The van der Waals surface area contributed by atoms with Crippen molar-refractivity contribution >= 4 is 11.8 Å². The van der Waals surface area contributed by atoms with E-state index in [-0.39, 0.29) is 11.3 Å². The second kappa shape index (κ2) is 7.98. The average Bonchev–Trinajstić information content (AvgIpc) is 2.55. The maximum Gasteiger partial charge on any atom is 0.417 e. The predicted molar refractivity (Wildman–Crippen MR) is 81.3 cm³/mol. The molecule has 1 N–H and O–H groups in total. The zero-order valence-corrected chi connectivity index (χ0v) is 13.3. The largest absolute Gasteiger partial charge is 0.435 e. The molecule has 0 unspecified atom stereocenters. The number of imide groups is 1. The maximum atomic E-state index is 12.7. The van der Waals surface area contributed by atoms with Crippen molar-refractivity contribution < 1.29 is 36.3 Å². The third-order valence-corrected chi connectivity index (χ3v) is 3.22. The molecule has 0 saturated heterocycles. The summed E-state index contributed by atoms with van der Waals surface area (Å²) in [5.74, 6) is -2.17.